The number of nitrogens with one attached hydrogen (secondary N) is 1. The van der Waals surface area contributed by atoms with E-state index in [0.717, 1.165) is 36.2 Å². The van der Waals surface area contributed by atoms with E-state index in [1.165, 1.54) is 69.2 Å². The number of carbonyl (C=O) groups is 1. The number of para-hydroxylation sites is 1. The van der Waals surface area contributed by atoms with Gasteiger partial charge in [-0.2, -0.15) is 4.57 Å². The van der Waals surface area contributed by atoms with Crippen molar-refractivity contribution < 1.29 is 14.1 Å². The number of carbonyl (C=O) groups excluding carboxylic acids is 1. The van der Waals surface area contributed by atoms with E-state index in [-0.39, 0.29) is 12.3 Å². The second-order valence-electron chi connectivity index (χ2n) is 10.3. The molecule has 4 nitrogen and oxygen atoms in total. The van der Waals surface area contributed by atoms with Gasteiger partial charge in [0.2, 0.25) is 5.91 Å². The third-order valence-corrected chi connectivity index (χ3v) is 8.33. The molecule has 0 unspecified atom stereocenters. The number of nitrogens with zero attached hydrogens (tertiary/aromatic N) is 1. The third kappa shape index (κ3) is 11.0. The normalized spacial score (nSPS) is 11.1. The Balaban J connectivity index is 1.37. The second kappa shape index (κ2) is 18.1. The number of hydrogen-bond donors (Lipinski definition) is 1. The highest BCUT2D eigenvalue weighted by Crippen LogP contribution is 2.30. The van der Waals surface area contributed by atoms with Gasteiger partial charge in [-0.3, -0.25) is 4.79 Å². The minimum Gasteiger partial charge on any atom is -0.492 e. The van der Waals surface area contributed by atoms with Gasteiger partial charge in [0.1, 0.15) is 12.3 Å². The van der Waals surface area contributed by atoms with E-state index in [4.69, 9.17) is 16.3 Å². The number of halogens is 1. The van der Waals surface area contributed by atoms with Crippen molar-refractivity contribution in [2.24, 2.45) is 0 Å². The van der Waals surface area contributed by atoms with Crippen molar-refractivity contribution in [1.82, 2.24) is 0 Å². The van der Waals surface area contributed by atoms with Crippen LogP contribution in [0.5, 0.6) is 5.75 Å². The zero-order valence-corrected chi connectivity index (χ0v) is 25.4. The summed E-state index contributed by atoms with van der Waals surface area (Å²) in [6.07, 6.45) is 18.0. The summed E-state index contributed by atoms with van der Waals surface area (Å²) in [6.45, 7) is 5.96. The van der Waals surface area contributed by atoms with Gasteiger partial charge in [-0.25, -0.2) is 0 Å². The Kier molecular flexibility index (Phi) is 14.4. The van der Waals surface area contributed by atoms with Crippen LogP contribution in [-0.2, 0) is 17.8 Å². The van der Waals surface area contributed by atoms with E-state index < -0.39 is 0 Å². The molecule has 0 atom stereocenters. The van der Waals surface area contributed by atoms with Crippen LogP contribution in [0.4, 0.5) is 5.69 Å². The Hall–Kier alpha value is -2.37. The standard InChI is InChI=1S/C33H45ClN2O2S/c1-3-5-6-7-8-9-10-11-12-13-14-15-24-38-32-28(17-16-18-30(32)34)26-31(37)35-29-21-19-27(20-22-29)33-36(4-2)23-25-39-33/h16-23,25H,3-15,24,26H2,1-2H3/p+1. The lowest BCUT2D eigenvalue weighted by Crippen LogP contribution is -2.31. The molecule has 0 aliphatic rings. The van der Waals surface area contributed by atoms with Crippen molar-refractivity contribution >= 4 is 34.5 Å². The number of aryl methyl sites for hydroxylation is 1. The van der Waals surface area contributed by atoms with Crippen LogP contribution < -0.4 is 14.6 Å². The summed E-state index contributed by atoms with van der Waals surface area (Å²) in [7, 11) is 0. The predicted octanol–water partition coefficient (Wildman–Crippen LogP) is 9.64. The molecule has 0 aliphatic carbocycles. The van der Waals surface area contributed by atoms with E-state index in [2.05, 4.69) is 47.4 Å². The second-order valence-corrected chi connectivity index (χ2v) is 11.6. The van der Waals surface area contributed by atoms with Crippen molar-refractivity contribution in [2.75, 3.05) is 11.9 Å². The largest absolute Gasteiger partial charge is 0.492 e. The number of aromatic nitrogens is 1. The number of anilines is 1. The molecule has 212 valence electrons. The monoisotopic (exact) mass is 569 g/mol. The minimum absolute atomic E-state index is 0.0834. The Labute approximate surface area is 244 Å². The van der Waals surface area contributed by atoms with E-state index in [1.54, 1.807) is 11.3 Å². The van der Waals surface area contributed by atoms with Gasteiger partial charge >= 0.3 is 0 Å². The lowest BCUT2D eigenvalue weighted by molar-refractivity contribution is -0.678. The summed E-state index contributed by atoms with van der Waals surface area (Å²) >= 11 is 8.17. The van der Waals surface area contributed by atoms with E-state index in [1.807, 2.05) is 30.3 Å². The molecule has 2 aromatic carbocycles. The van der Waals surface area contributed by atoms with Crippen LogP contribution in [0.1, 0.15) is 96.5 Å². The average molecular weight is 570 g/mol. The van der Waals surface area contributed by atoms with Crippen LogP contribution >= 0.6 is 22.9 Å². The first-order valence-corrected chi connectivity index (χ1v) is 16.2. The van der Waals surface area contributed by atoms with Crippen molar-refractivity contribution in [2.45, 2.75) is 104 Å². The van der Waals surface area contributed by atoms with Crippen LogP contribution in [0.2, 0.25) is 5.02 Å². The molecule has 1 aromatic heterocycles. The topological polar surface area (TPSA) is 42.2 Å². The van der Waals surface area contributed by atoms with E-state index in [9.17, 15) is 4.79 Å². The van der Waals surface area contributed by atoms with Gasteiger partial charge in [0.05, 0.1) is 29.0 Å². The van der Waals surface area contributed by atoms with E-state index >= 15 is 0 Å². The maximum absolute atomic E-state index is 12.8. The summed E-state index contributed by atoms with van der Waals surface area (Å²) in [5.41, 5.74) is 2.75. The van der Waals surface area contributed by atoms with Gasteiger partial charge < -0.3 is 10.1 Å². The van der Waals surface area contributed by atoms with Crippen LogP contribution in [0.15, 0.2) is 54.0 Å². The molecule has 0 bridgehead atoms. The Bertz CT molecular complexity index is 1110. The maximum Gasteiger partial charge on any atom is 0.268 e. The summed E-state index contributed by atoms with van der Waals surface area (Å²) in [4.78, 5) is 12.8. The number of amides is 1. The Morgan fingerprint density at radius 2 is 1.51 bits per heavy atom. The molecule has 6 heteroatoms. The zero-order chi connectivity index (χ0) is 27.7. The molecule has 0 spiro atoms. The molecular formula is C33H46ClN2O2S+. The first-order chi connectivity index (χ1) is 19.1. The number of hydrogen-bond acceptors (Lipinski definition) is 3. The first-order valence-electron chi connectivity index (χ1n) is 14.9. The van der Waals surface area contributed by atoms with Crippen molar-refractivity contribution in [3.05, 3.63) is 64.6 Å². The fourth-order valence-corrected chi connectivity index (χ4v) is 6.02. The Morgan fingerprint density at radius 3 is 2.15 bits per heavy atom. The predicted molar refractivity (Wildman–Crippen MR) is 166 cm³/mol. The summed E-state index contributed by atoms with van der Waals surface area (Å²) in [5.74, 6) is 0.550. The molecule has 3 aromatic rings. The molecule has 1 heterocycles. The molecule has 0 fully saturated rings. The van der Waals surface area contributed by atoms with Crippen molar-refractivity contribution in [3.63, 3.8) is 0 Å². The number of thiazole rings is 1. The van der Waals surface area contributed by atoms with Crippen LogP contribution in [-0.4, -0.2) is 12.5 Å². The first kappa shape index (κ1) is 31.2. The molecule has 1 amide bonds. The maximum atomic E-state index is 12.8. The molecule has 0 saturated heterocycles. The summed E-state index contributed by atoms with van der Waals surface area (Å²) in [5, 5.41) is 6.88. The summed E-state index contributed by atoms with van der Waals surface area (Å²) < 4.78 is 8.30. The average Bonchev–Trinajstić information content (AvgIpc) is 3.42. The summed E-state index contributed by atoms with van der Waals surface area (Å²) in [6, 6.07) is 13.6. The molecule has 0 saturated carbocycles. The highest BCUT2D eigenvalue weighted by Gasteiger charge is 2.15. The minimum atomic E-state index is -0.0834. The van der Waals surface area contributed by atoms with Gasteiger partial charge in [0.15, 0.2) is 6.20 Å². The van der Waals surface area contributed by atoms with Crippen molar-refractivity contribution in [1.29, 1.82) is 0 Å². The SMILES string of the molecule is CCCCCCCCCCCCCCOc1c(Cl)cccc1CC(=O)Nc1ccc(-c2scc[n+]2CC)cc1. The van der Waals surface area contributed by atoms with Gasteiger partial charge in [-0.15, -0.1) is 0 Å². The van der Waals surface area contributed by atoms with Crippen LogP contribution in [0, 0.1) is 0 Å². The highest BCUT2D eigenvalue weighted by molar-refractivity contribution is 7.12. The number of benzene rings is 2. The fourth-order valence-electron chi connectivity index (χ4n) is 4.83. The number of ether oxygens (including phenoxy) is 1. The Morgan fingerprint density at radius 1 is 0.872 bits per heavy atom. The van der Waals surface area contributed by atoms with Crippen molar-refractivity contribution in [3.8, 4) is 16.3 Å². The lowest BCUT2D eigenvalue weighted by atomic mass is 10.1. The number of rotatable bonds is 19. The lowest BCUT2D eigenvalue weighted by Gasteiger charge is -2.13. The van der Waals surface area contributed by atoms with Gasteiger partial charge in [-0.1, -0.05) is 113 Å². The molecule has 3 rings (SSSR count). The zero-order valence-electron chi connectivity index (χ0n) is 23.9. The van der Waals surface area contributed by atoms with Gasteiger partial charge in [-0.05, 0) is 43.7 Å². The van der Waals surface area contributed by atoms with Gasteiger partial charge in [0.25, 0.3) is 5.01 Å². The quantitative estimate of drug-likeness (QED) is 0.115. The van der Waals surface area contributed by atoms with Crippen LogP contribution in [0.25, 0.3) is 10.6 Å². The highest BCUT2D eigenvalue weighted by atomic mass is 35.5. The van der Waals surface area contributed by atoms with Gasteiger partial charge in [0, 0.05) is 11.3 Å². The van der Waals surface area contributed by atoms with Crippen LogP contribution in [0.3, 0.4) is 0 Å². The smallest absolute Gasteiger partial charge is 0.268 e. The molecule has 1 N–H and O–H groups in total. The molecular weight excluding hydrogens is 524 g/mol. The third-order valence-electron chi connectivity index (χ3n) is 7.08. The molecule has 0 aliphatic heterocycles. The molecule has 0 radical (unpaired) electrons. The number of unbranched alkanes of at least 4 members (excludes halogenated alkanes) is 11. The van der Waals surface area contributed by atoms with E-state index in [0.29, 0.717) is 17.4 Å². The molecule has 39 heavy (non-hydrogen) atoms. The fraction of sp³-hybridized carbons (Fsp3) is 0.515.